The molecule has 2 saturated heterocycles. The molecule has 5 N–H and O–H groups in total. The lowest BCUT2D eigenvalue weighted by molar-refractivity contribution is -0.0266. The number of aliphatic imine (C=N–C) groups is 1. The van der Waals surface area contributed by atoms with E-state index >= 15 is 0 Å². The van der Waals surface area contributed by atoms with Crippen LogP contribution in [0.1, 0.15) is 22.5 Å². The molecule has 4 rings (SSSR count). The van der Waals surface area contributed by atoms with Gasteiger partial charge in [0.1, 0.15) is 27.7 Å². The van der Waals surface area contributed by atoms with Crippen molar-refractivity contribution in [3.63, 3.8) is 0 Å². The molecule has 2 aliphatic heterocycles. The molecule has 34 heavy (non-hydrogen) atoms. The fraction of sp³-hybridized carbons (Fsp3) is 0.478. The highest BCUT2D eigenvalue weighted by molar-refractivity contribution is 7.19. The molecule has 182 valence electrons. The number of rotatable bonds is 7. The van der Waals surface area contributed by atoms with Gasteiger partial charge in [-0.25, -0.2) is 9.37 Å². The van der Waals surface area contributed by atoms with Crippen molar-refractivity contribution >= 4 is 34.3 Å². The number of nitrogens with one attached hydrogen (secondary N) is 3. The zero-order chi connectivity index (χ0) is 24.1. The van der Waals surface area contributed by atoms with Gasteiger partial charge in [0.25, 0.3) is 5.91 Å². The van der Waals surface area contributed by atoms with E-state index in [4.69, 9.17) is 20.9 Å². The summed E-state index contributed by atoms with van der Waals surface area (Å²) in [6.07, 6.45) is 2.12. The molecule has 1 aromatic heterocycles. The summed E-state index contributed by atoms with van der Waals surface area (Å²) in [4.78, 5) is 24.4. The van der Waals surface area contributed by atoms with Crippen LogP contribution in [0.25, 0.3) is 10.6 Å². The first-order valence-electron chi connectivity index (χ1n) is 11.4. The Balaban J connectivity index is 1.55. The van der Waals surface area contributed by atoms with E-state index in [2.05, 4.69) is 20.5 Å². The zero-order valence-electron chi connectivity index (χ0n) is 19.1. The highest BCUT2D eigenvalue weighted by Gasteiger charge is 2.27. The van der Waals surface area contributed by atoms with Crippen molar-refractivity contribution in [2.45, 2.75) is 19.4 Å². The number of anilines is 1. The maximum absolute atomic E-state index is 14.4. The summed E-state index contributed by atoms with van der Waals surface area (Å²) < 4.78 is 19.6. The molecule has 2 aromatic rings. The lowest BCUT2D eigenvalue weighted by atomic mass is 10.1. The quantitative estimate of drug-likeness (QED) is 0.349. The van der Waals surface area contributed by atoms with E-state index in [0.29, 0.717) is 42.1 Å². The monoisotopic (exact) mass is 487 g/mol. The van der Waals surface area contributed by atoms with Gasteiger partial charge in [0.15, 0.2) is 5.69 Å². The fourth-order valence-electron chi connectivity index (χ4n) is 3.89. The van der Waals surface area contributed by atoms with E-state index in [1.54, 1.807) is 12.1 Å². The molecule has 2 aliphatic rings. The molecule has 9 nitrogen and oxygen atoms in total. The Morgan fingerprint density at radius 2 is 2.29 bits per heavy atom. The fourth-order valence-corrected chi connectivity index (χ4v) is 4.73. The number of aryl methyl sites for hydroxylation is 1. The molecule has 1 amide bonds. The Kier molecular flexibility index (Phi) is 7.86. The molecular weight excluding hydrogens is 457 g/mol. The average molecular weight is 488 g/mol. The van der Waals surface area contributed by atoms with Crippen LogP contribution in [0.3, 0.4) is 0 Å². The molecule has 3 heterocycles. The third-order valence-corrected chi connectivity index (χ3v) is 6.75. The summed E-state index contributed by atoms with van der Waals surface area (Å²) in [5.74, 6) is 0.0582. The van der Waals surface area contributed by atoms with Crippen molar-refractivity contribution in [3.05, 3.63) is 35.3 Å². The molecular formula is C23H30FN7O2S. The zero-order valence-corrected chi connectivity index (χ0v) is 20.0. The molecule has 1 aromatic carbocycles. The van der Waals surface area contributed by atoms with Crippen molar-refractivity contribution in [3.8, 4) is 10.6 Å². The topological polar surface area (TPSA) is 129 Å². The minimum absolute atomic E-state index is 0.0250. The number of amidine groups is 1. The number of nitrogen functional groups attached to an aromatic ring is 1. The maximum Gasteiger partial charge on any atom is 0.273 e. The lowest BCUT2D eigenvalue weighted by Gasteiger charge is -2.30. The Hall–Kier alpha value is -2.89. The number of carbonyl (C=O) groups excluding carboxylic acids is 1. The molecule has 2 fully saturated rings. The summed E-state index contributed by atoms with van der Waals surface area (Å²) in [7, 11) is 0. The van der Waals surface area contributed by atoms with Gasteiger partial charge in [0.2, 0.25) is 0 Å². The molecule has 1 unspecified atom stereocenters. The third kappa shape index (κ3) is 5.60. The highest BCUT2D eigenvalue weighted by Crippen LogP contribution is 2.32. The molecule has 0 aliphatic carbocycles. The Morgan fingerprint density at radius 3 is 3.03 bits per heavy atom. The van der Waals surface area contributed by atoms with E-state index in [1.165, 1.54) is 12.3 Å². The number of ether oxygens (including phenoxy) is 1. The van der Waals surface area contributed by atoms with Gasteiger partial charge < -0.3 is 31.4 Å². The molecule has 11 heteroatoms. The summed E-state index contributed by atoms with van der Waals surface area (Å²) in [6.45, 7) is 7.01. The predicted octanol–water partition coefficient (Wildman–Crippen LogP) is 1.93. The Morgan fingerprint density at radius 1 is 1.47 bits per heavy atom. The summed E-state index contributed by atoms with van der Waals surface area (Å²) in [5.41, 5.74) is 7.31. The summed E-state index contributed by atoms with van der Waals surface area (Å²) >= 11 is 1.06. The average Bonchev–Trinajstić information content (AvgIpc) is 2.99. The number of thiazole rings is 1. The normalized spacial score (nSPS) is 18.2. The van der Waals surface area contributed by atoms with Gasteiger partial charge in [-0.2, -0.15) is 0 Å². The smallest absolute Gasteiger partial charge is 0.273 e. The van der Waals surface area contributed by atoms with Crippen LogP contribution in [-0.4, -0.2) is 79.8 Å². The number of hydrogen-bond acceptors (Lipinski definition) is 8. The van der Waals surface area contributed by atoms with Crippen LogP contribution in [-0.2, 0) is 4.74 Å². The SMILES string of the molecule is Cc1ccc(F)c(-c2nc(C(=O)NC(C=N)C(=NCC3COC3)N3CCCNCC3)c(N)s2)c1. The number of nitrogens with zero attached hydrogens (tertiary/aromatic N) is 3. The van der Waals surface area contributed by atoms with Crippen molar-refractivity contribution in [2.24, 2.45) is 10.9 Å². The number of hydrogen-bond donors (Lipinski definition) is 4. The van der Waals surface area contributed by atoms with E-state index in [-0.39, 0.29) is 10.7 Å². The standard InChI is InChI=1S/C23H30FN7O2S/c1-14-3-4-17(24)16(9-14)23-30-19(20(26)34-23)22(32)29-18(10-25)21(28-11-15-12-33-13-15)31-7-2-5-27-6-8-31/h3-4,9-10,15,18,25,27H,2,5-8,11-13,26H2,1H3,(H,29,32). The van der Waals surface area contributed by atoms with Gasteiger partial charge in [0, 0.05) is 43.9 Å². The van der Waals surface area contributed by atoms with Crippen LogP contribution in [0.2, 0.25) is 0 Å². The van der Waals surface area contributed by atoms with E-state index in [1.807, 2.05) is 6.92 Å². The molecule has 0 saturated carbocycles. The number of aromatic nitrogens is 1. The van der Waals surface area contributed by atoms with Crippen LogP contribution < -0.4 is 16.4 Å². The molecule has 0 radical (unpaired) electrons. The van der Waals surface area contributed by atoms with E-state index in [9.17, 15) is 9.18 Å². The first-order valence-corrected chi connectivity index (χ1v) is 12.2. The number of amides is 1. The predicted molar refractivity (Wildman–Crippen MR) is 132 cm³/mol. The van der Waals surface area contributed by atoms with Crippen molar-refractivity contribution in [1.29, 1.82) is 5.41 Å². The van der Waals surface area contributed by atoms with Gasteiger partial charge in [-0.05, 0) is 32.0 Å². The highest BCUT2D eigenvalue weighted by atomic mass is 32.1. The second-order valence-corrected chi connectivity index (χ2v) is 9.56. The van der Waals surface area contributed by atoms with Gasteiger partial charge >= 0.3 is 0 Å². The molecule has 0 bridgehead atoms. The largest absolute Gasteiger partial charge is 0.389 e. The first kappa shape index (κ1) is 24.2. The lowest BCUT2D eigenvalue weighted by Crippen LogP contribution is -2.51. The van der Waals surface area contributed by atoms with Crippen LogP contribution in [0.15, 0.2) is 23.2 Å². The summed E-state index contributed by atoms with van der Waals surface area (Å²) in [6, 6.07) is 4.00. The van der Waals surface area contributed by atoms with E-state index in [0.717, 1.165) is 49.5 Å². The van der Waals surface area contributed by atoms with Gasteiger partial charge in [0.05, 0.1) is 13.2 Å². The van der Waals surface area contributed by atoms with Gasteiger partial charge in [-0.15, -0.1) is 0 Å². The minimum atomic E-state index is -0.730. The van der Waals surface area contributed by atoms with Crippen molar-refractivity contribution < 1.29 is 13.9 Å². The van der Waals surface area contributed by atoms with Crippen LogP contribution in [0.4, 0.5) is 9.39 Å². The Bertz CT molecular complexity index is 1060. The number of halogens is 1. The number of carbonyl (C=O) groups is 1. The van der Waals surface area contributed by atoms with Crippen molar-refractivity contribution in [1.82, 2.24) is 20.5 Å². The maximum atomic E-state index is 14.4. The number of benzene rings is 1. The van der Waals surface area contributed by atoms with Gasteiger partial charge in [-0.1, -0.05) is 23.0 Å². The summed E-state index contributed by atoms with van der Waals surface area (Å²) in [5, 5.41) is 14.8. The van der Waals surface area contributed by atoms with Crippen LogP contribution in [0.5, 0.6) is 0 Å². The first-order chi connectivity index (χ1) is 16.5. The molecule has 0 spiro atoms. The van der Waals surface area contributed by atoms with Crippen LogP contribution in [0, 0.1) is 24.1 Å². The van der Waals surface area contributed by atoms with Gasteiger partial charge in [-0.3, -0.25) is 9.79 Å². The minimum Gasteiger partial charge on any atom is -0.389 e. The van der Waals surface area contributed by atoms with Crippen LogP contribution >= 0.6 is 11.3 Å². The molecule has 1 atom stereocenters. The van der Waals surface area contributed by atoms with E-state index < -0.39 is 17.8 Å². The number of nitrogens with two attached hydrogens (primary N) is 1. The third-order valence-electron chi connectivity index (χ3n) is 5.83. The second-order valence-electron chi connectivity index (χ2n) is 8.53. The second kappa shape index (κ2) is 11.0. The Labute approximate surface area is 202 Å². The van der Waals surface area contributed by atoms with Crippen molar-refractivity contribution in [2.75, 3.05) is 51.7 Å².